The average molecular weight is 169 g/mol. The molecule has 0 aromatic heterocycles. The lowest BCUT2D eigenvalue weighted by atomic mass is 10.0. The van der Waals surface area contributed by atoms with Gasteiger partial charge in [-0.1, -0.05) is 25.7 Å². The highest BCUT2D eigenvalue weighted by molar-refractivity contribution is 4.79. The van der Waals surface area contributed by atoms with Crippen LogP contribution in [0.5, 0.6) is 0 Å². The van der Waals surface area contributed by atoms with Crippen molar-refractivity contribution >= 4 is 0 Å². The van der Waals surface area contributed by atoms with Gasteiger partial charge >= 0.3 is 0 Å². The smallest absolute Gasteiger partial charge is 0.00990 e. The summed E-state index contributed by atoms with van der Waals surface area (Å²) in [6.07, 6.45) is 8.51. The molecule has 0 saturated heterocycles. The van der Waals surface area contributed by atoms with Crippen LogP contribution in [0.4, 0.5) is 0 Å². The van der Waals surface area contributed by atoms with Gasteiger partial charge in [-0.2, -0.15) is 0 Å². The van der Waals surface area contributed by atoms with Gasteiger partial charge in [0.25, 0.3) is 0 Å². The van der Waals surface area contributed by atoms with Crippen LogP contribution in [0.1, 0.15) is 59.3 Å². The Morgan fingerprint density at radius 2 is 1.42 bits per heavy atom. The molecule has 72 valence electrons. The van der Waals surface area contributed by atoms with Crippen molar-refractivity contribution in [2.75, 3.05) is 0 Å². The summed E-state index contributed by atoms with van der Waals surface area (Å²) in [4.78, 5) is 0. The first kappa shape index (κ1) is 10.0. The molecule has 1 N–H and O–H groups in total. The molecule has 0 aromatic carbocycles. The zero-order valence-corrected chi connectivity index (χ0v) is 8.82. The number of hydrogen-bond acceptors (Lipinski definition) is 1. The van der Waals surface area contributed by atoms with E-state index >= 15 is 0 Å². The predicted octanol–water partition coefficient (Wildman–Crippen LogP) is 3.10. The van der Waals surface area contributed by atoms with E-state index in [-0.39, 0.29) is 0 Å². The highest BCUT2D eigenvalue weighted by atomic mass is 15.0. The summed E-state index contributed by atoms with van der Waals surface area (Å²) in [6.45, 7) is 6.79. The van der Waals surface area contributed by atoms with Gasteiger partial charge < -0.3 is 5.32 Å². The van der Waals surface area contributed by atoms with Crippen molar-refractivity contribution < 1.29 is 0 Å². The number of hydrogen-bond donors (Lipinski definition) is 1. The molecule has 0 unspecified atom stereocenters. The number of rotatable bonds is 1. The standard InChI is InChI=1S/C11H23N/c1-11(2,3)12-10-8-6-4-5-7-9-10/h10,12H,4-9H2,1-3H3. The quantitative estimate of drug-likeness (QED) is 0.595. The molecule has 1 nitrogen and oxygen atoms in total. The molecule has 0 spiro atoms. The Labute approximate surface area is 76.9 Å². The fourth-order valence-corrected chi connectivity index (χ4v) is 2.04. The van der Waals surface area contributed by atoms with E-state index in [9.17, 15) is 0 Å². The molecule has 0 radical (unpaired) electrons. The zero-order chi connectivity index (χ0) is 9.03. The van der Waals surface area contributed by atoms with Crippen LogP contribution in [0.3, 0.4) is 0 Å². The average Bonchev–Trinajstić information content (AvgIpc) is 2.12. The van der Waals surface area contributed by atoms with Gasteiger partial charge in [-0.3, -0.25) is 0 Å². The summed E-state index contributed by atoms with van der Waals surface area (Å²) in [6, 6.07) is 0.785. The lowest BCUT2D eigenvalue weighted by Gasteiger charge is -2.27. The van der Waals surface area contributed by atoms with Crippen LogP contribution in [0.25, 0.3) is 0 Å². The van der Waals surface area contributed by atoms with Gasteiger partial charge in [0.15, 0.2) is 0 Å². The van der Waals surface area contributed by atoms with Crippen LogP contribution in [0.15, 0.2) is 0 Å². The van der Waals surface area contributed by atoms with Crippen molar-refractivity contribution in [2.45, 2.75) is 70.9 Å². The molecule has 12 heavy (non-hydrogen) atoms. The molecular formula is C11H23N. The van der Waals surface area contributed by atoms with E-state index < -0.39 is 0 Å². The van der Waals surface area contributed by atoms with Crippen molar-refractivity contribution in [3.63, 3.8) is 0 Å². The van der Waals surface area contributed by atoms with E-state index in [4.69, 9.17) is 0 Å². The maximum absolute atomic E-state index is 3.70. The summed E-state index contributed by atoms with van der Waals surface area (Å²) in [5.74, 6) is 0. The van der Waals surface area contributed by atoms with Crippen molar-refractivity contribution in [1.29, 1.82) is 0 Å². The summed E-state index contributed by atoms with van der Waals surface area (Å²) in [5, 5.41) is 3.70. The molecule has 0 aromatic rings. The minimum absolute atomic E-state index is 0.301. The first-order valence-corrected chi connectivity index (χ1v) is 5.36. The van der Waals surface area contributed by atoms with Gasteiger partial charge in [0.2, 0.25) is 0 Å². The van der Waals surface area contributed by atoms with Gasteiger partial charge in [0.05, 0.1) is 0 Å². The normalized spacial score (nSPS) is 22.2. The Balaban J connectivity index is 2.30. The summed E-state index contributed by atoms with van der Waals surface area (Å²) in [7, 11) is 0. The van der Waals surface area contributed by atoms with E-state index in [1.165, 1.54) is 38.5 Å². The lowest BCUT2D eigenvalue weighted by molar-refractivity contribution is 0.335. The molecule has 1 fully saturated rings. The molecule has 1 rings (SSSR count). The third-order valence-corrected chi connectivity index (χ3v) is 2.49. The highest BCUT2D eigenvalue weighted by Gasteiger charge is 2.17. The highest BCUT2D eigenvalue weighted by Crippen LogP contribution is 2.19. The molecule has 0 heterocycles. The fraction of sp³-hybridized carbons (Fsp3) is 1.00. The first-order valence-electron chi connectivity index (χ1n) is 5.36. The first-order chi connectivity index (χ1) is 5.58. The SMILES string of the molecule is CC(C)(C)NC1CCCCCC1. The molecule has 0 aliphatic heterocycles. The van der Waals surface area contributed by atoms with Crippen LogP contribution >= 0.6 is 0 Å². The maximum Gasteiger partial charge on any atom is 0.00990 e. The van der Waals surface area contributed by atoms with Crippen molar-refractivity contribution in [2.24, 2.45) is 0 Å². The minimum Gasteiger partial charge on any atom is -0.309 e. The minimum atomic E-state index is 0.301. The second-order valence-electron chi connectivity index (χ2n) is 5.08. The number of nitrogens with one attached hydrogen (secondary N) is 1. The summed E-state index contributed by atoms with van der Waals surface area (Å²) >= 11 is 0. The molecule has 0 atom stereocenters. The maximum atomic E-state index is 3.70. The third-order valence-electron chi connectivity index (χ3n) is 2.49. The molecule has 1 heteroatoms. The van der Waals surface area contributed by atoms with Crippen LogP contribution in [0.2, 0.25) is 0 Å². The molecule has 1 saturated carbocycles. The largest absolute Gasteiger partial charge is 0.309 e. The van der Waals surface area contributed by atoms with E-state index in [0.717, 1.165) is 6.04 Å². The summed E-state index contributed by atoms with van der Waals surface area (Å²) in [5.41, 5.74) is 0.301. The van der Waals surface area contributed by atoms with Crippen molar-refractivity contribution in [3.05, 3.63) is 0 Å². The van der Waals surface area contributed by atoms with Gasteiger partial charge in [-0.15, -0.1) is 0 Å². The lowest BCUT2D eigenvalue weighted by Crippen LogP contribution is -2.43. The topological polar surface area (TPSA) is 12.0 Å². The Hall–Kier alpha value is -0.0400. The zero-order valence-electron chi connectivity index (χ0n) is 8.82. The second kappa shape index (κ2) is 4.27. The van der Waals surface area contributed by atoms with E-state index in [0.29, 0.717) is 5.54 Å². The van der Waals surface area contributed by atoms with Gasteiger partial charge in [-0.05, 0) is 33.6 Å². The molecule has 1 aliphatic rings. The Morgan fingerprint density at radius 1 is 0.917 bits per heavy atom. The molecule has 0 amide bonds. The van der Waals surface area contributed by atoms with Crippen LogP contribution < -0.4 is 5.32 Å². The Morgan fingerprint density at radius 3 is 1.83 bits per heavy atom. The Kier molecular flexibility index (Phi) is 3.57. The molecular weight excluding hydrogens is 146 g/mol. The van der Waals surface area contributed by atoms with E-state index in [1.54, 1.807) is 0 Å². The van der Waals surface area contributed by atoms with Crippen LogP contribution in [0, 0.1) is 0 Å². The van der Waals surface area contributed by atoms with Gasteiger partial charge in [0.1, 0.15) is 0 Å². The molecule has 0 bridgehead atoms. The van der Waals surface area contributed by atoms with E-state index in [2.05, 4.69) is 26.1 Å². The van der Waals surface area contributed by atoms with Crippen LogP contribution in [-0.4, -0.2) is 11.6 Å². The Bertz CT molecular complexity index is 115. The fourth-order valence-electron chi connectivity index (χ4n) is 2.04. The van der Waals surface area contributed by atoms with Crippen molar-refractivity contribution in [1.82, 2.24) is 5.32 Å². The summed E-state index contributed by atoms with van der Waals surface area (Å²) < 4.78 is 0. The van der Waals surface area contributed by atoms with E-state index in [1.807, 2.05) is 0 Å². The molecule has 1 aliphatic carbocycles. The van der Waals surface area contributed by atoms with Gasteiger partial charge in [0, 0.05) is 11.6 Å². The predicted molar refractivity (Wildman–Crippen MR) is 54.4 cm³/mol. The third kappa shape index (κ3) is 4.10. The second-order valence-corrected chi connectivity index (χ2v) is 5.08. The van der Waals surface area contributed by atoms with Crippen molar-refractivity contribution in [3.8, 4) is 0 Å². The van der Waals surface area contributed by atoms with Gasteiger partial charge in [-0.25, -0.2) is 0 Å². The monoisotopic (exact) mass is 169 g/mol. The van der Waals surface area contributed by atoms with Crippen LogP contribution in [-0.2, 0) is 0 Å².